The molecule has 8 rings (SSSR count). The Hall–Kier alpha value is -2.19. The van der Waals surface area contributed by atoms with Gasteiger partial charge in [-0.3, -0.25) is 9.80 Å². The molecule has 6 fully saturated rings. The van der Waals surface area contributed by atoms with Gasteiger partial charge in [0, 0.05) is 83.9 Å². The highest BCUT2D eigenvalue weighted by Gasteiger charge is 2.46. The molecule has 2 aromatic rings. The number of nitrogens with zero attached hydrogens (tertiary/aromatic N) is 6. The third kappa shape index (κ3) is 12.9. The van der Waals surface area contributed by atoms with Crippen LogP contribution in [0.5, 0.6) is 0 Å². The molecule has 7 nitrogen and oxygen atoms in total. The number of pyridine rings is 1. The number of likely N-dealkylation sites (tertiary alicyclic amines) is 2. The second kappa shape index (κ2) is 22.1. The lowest BCUT2D eigenvalue weighted by atomic mass is 9.61. The summed E-state index contributed by atoms with van der Waals surface area (Å²) in [6.07, 6.45) is 13.2. The van der Waals surface area contributed by atoms with E-state index in [2.05, 4.69) is 98.9 Å². The molecule has 2 spiro atoms. The normalized spacial score (nSPS) is 23.0. The number of benzene rings is 1. The quantitative estimate of drug-likeness (QED) is 0.315. The Morgan fingerprint density at radius 1 is 0.636 bits per heavy atom. The summed E-state index contributed by atoms with van der Waals surface area (Å²) < 4.78 is 0. The van der Waals surface area contributed by atoms with Crippen molar-refractivity contribution in [1.29, 1.82) is 0 Å². The van der Waals surface area contributed by atoms with Crippen molar-refractivity contribution in [3.8, 4) is 0 Å². The van der Waals surface area contributed by atoms with Gasteiger partial charge in [0.05, 0.1) is 6.67 Å². The molecule has 5 saturated heterocycles. The lowest BCUT2D eigenvalue weighted by molar-refractivity contribution is -0.0734. The zero-order valence-electron chi connectivity index (χ0n) is 37.5. The number of anilines is 2. The Morgan fingerprint density at radius 2 is 1.24 bits per heavy atom. The van der Waals surface area contributed by atoms with E-state index in [1.807, 2.05) is 53.8 Å². The van der Waals surface area contributed by atoms with Crippen LogP contribution in [0.15, 0.2) is 48.7 Å². The maximum atomic E-state index is 4.48. The van der Waals surface area contributed by atoms with Crippen LogP contribution in [0.25, 0.3) is 0 Å². The average molecular weight is 760 g/mol. The molecule has 6 heterocycles. The van der Waals surface area contributed by atoms with E-state index < -0.39 is 0 Å². The summed E-state index contributed by atoms with van der Waals surface area (Å²) >= 11 is 0. The van der Waals surface area contributed by atoms with Gasteiger partial charge in [0.2, 0.25) is 0 Å². The van der Waals surface area contributed by atoms with Gasteiger partial charge in [-0.1, -0.05) is 86.1 Å². The van der Waals surface area contributed by atoms with Gasteiger partial charge in [-0.2, -0.15) is 0 Å². The second-order valence-corrected chi connectivity index (χ2v) is 18.2. The number of hydrogen-bond acceptors (Lipinski definition) is 7. The SMILES string of the molecule is CC.CC.CC.Cc1ccc(N2CCN(CN3CC4(CCC(C(C)(C)C)CC4)C3)CC2)cc1.c1ccc(N2CCC(CN3CCC4(CC3)CNC4)CC2)nc1. The third-order valence-electron chi connectivity index (χ3n) is 13.6. The van der Waals surface area contributed by atoms with E-state index in [4.69, 9.17) is 0 Å². The lowest BCUT2D eigenvalue weighted by Crippen LogP contribution is -2.61. The van der Waals surface area contributed by atoms with Gasteiger partial charge < -0.3 is 20.0 Å². The largest absolute Gasteiger partial charge is 0.369 e. The van der Waals surface area contributed by atoms with Gasteiger partial charge in [0.15, 0.2) is 0 Å². The van der Waals surface area contributed by atoms with E-state index in [0.717, 1.165) is 30.7 Å². The van der Waals surface area contributed by atoms with Crippen molar-refractivity contribution in [2.45, 2.75) is 121 Å². The van der Waals surface area contributed by atoms with E-state index in [1.54, 1.807) is 0 Å². The summed E-state index contributed by atoms with van der Waals surface area (Å²) in [5.74, 6) is 2.97. The van der Waals surface area contributed by atoms with Crippen LogP contribution in [0.4, 0.5) is 11.5 Å². The molecular weight excluding hydrogens is 675 g/mol. The number of nitrogens with one attached hydrogen (secondary N) is 1. The first-order valence-electron chi connectivity index (χ1n) is 23.0. The first-order valence-corrected chi connectivity index (χ1v) is 23.0. The van der Waals surface area contributed by atoms with Gasteiger partial charge in [0.1, 0.15) is 5.82 Å². The van der Waals surface area contributed by atoms with Gasteiger partial charge in [-0.15, -0.1) is 0 Å². The third-order valence-corrected chi connectivity index (χ3v) is 13.6. The van der Waals surface area contributed by atoms with Crippen LogP contribution in [0.1, 0.15) is 119 Å². The molecule has 1 N–H and O–H groups in total. The average Bonchev–Trinajstić information content (AvgIpc) is 3.21. The molecule has 0 unspecified atom stereocenters. The molecule has 0 amide bonds. The summed E-state index contributed by atoms with van der Waals surface area (Å²) in [6.45, 7) is 38.9. The van der Waals surface area contributed by atoms with Crippen LogP contribution >= 0.6 is 0 Å². The van der Waals surface area contributed by atoms with E-state index >= 15 is 0 Å². The molecule has 5 aliphatic heterocycles. The molecule has 1 aliphatic carbocycles. The Balaban J connectivity index is 0.000000219. The fourth-order valence-electron chi connectivity index (χ4n) is 9.89. The van der Waals surface area contributed by atoms with Crippen molar-refractivity contribution in [2.75, 3.05) is 102 Å². The fourth-order valence-corrected chi connectivity index (χ4v) is 9.89. The highest BCUT2D eigenvalue weighted by Crippen LogP contribution is 2.49. The topological polar surface area (TPSA) is 41.1 Å². The smallest absolute Gasteiger partial charge is 0.128 e. The van der Waals surface area contributed by atoms with E-state index in [1.165, 1.54) is 141 Å². The minimum atomic E-state index is 0.502. The number of piperidine rings is 2. The van der Waals surface area contributed by atoms with Crippen LogP contribution < -0.4 is 15.1 Å². The molecule has 1 saturated carbocycles. The summed E-state index contributed by atoms with van der Waals surface area (Å²) in [5, 5.41) is 3.46. The molecule has 7 heteroatoms. The van der Waals surface area contributed by atoms with Gasteiger partial charge in [-0.05, 0) is 124 Å². The Morgan fingerprint density at radius 3 is 1.75 bits per heavy atom. The molecule has 0 radical (unpaired) electrons. The highest BCUT2D eigenvalue weighted by molar-refractivity contribution is 5.48. The zero-order valence-corrected chi connectivity index (χ0v) is 37.5. The van der Waals surface area contributed by atoms with Crippen LogP contribution in [-0.2, 0) is 0 Å². The van der Waals surface area contributed by atoms with Crippen LogP contribution in [-0.4, -0.2) is 111 Å². The van der Waals surface area contributed by atoms with Gasteiger partial charge >= 0.3 is 0 Å². The summed E-state index contributed by atoms with van der Waals surface area (Å²) in [5.41, 5.74) is 4.59. The Bertz CT molecular complexity index is 1280. The van der Waals surface area contributed by atoms with E-state index in [-0.39, 0.29) is 0 Å². The molecule has 1 aromatic carbocycles. The predicted molar refractivity (Wildman–Crippen MR) is 239 cm³/mol. The monoisotopic (exact) mass is 760 g/mol. The van der Waals surface area contributed by atoms with Crippen molar-refractivity contribution >= 4 is 11.5 Å². The molecular formula is C48H85N7. The number of piperazine rings is 1. The molecule has 0 bridgehead atoms. The first kappa shape index (κ1) is 45.5. The molecule has 0 atom stereocenters. The first-order chi connectivity index (χ1) is 26.7. The minimum absolute atomic E-state index is 0.502. The lowest BCUT2D eigenvalue weighted by Gasteiger charge is -2.56. The van der Waals surface area contributed by atoms with Crippen molar-refractivity contribution in [2.24, 2.45) is 28.1 Å². The number of rotatable bonds is 6. The minimum Gasteiger partial charge on any atom is -0.369 e. The summed E-state index contributed by atoms with van der Waals surface area (Å²) in [7, 11) is 0. The Kier molecular flexibility index (Phi) is 18.3. The zero-order chi connectivity index (χ0) is 39.9. The van der Waals surface area contributed by atoms with E-state index in [0.29, 0.717) is 16.2 Å². The van der Waals surface area contributed by atoms with Crippen LogP contribution in [0, 0.1) is 35.0 Å². The fraction of sp³-hybridized carbons (Fsp3) is 0.771. The highest BCUT2D eigenvalue weighted by atomic mass is 15.4. The number of aryl methyl sites for hydroxylation is 1. The number of hydrogen-bond donors (Lipinski definition) is 1. The Labute approximate surface area is 340 Å². The van der Waals surface area contributed by atoms with Crippen molar-refractivity contribution in [3.05, 3.63) is 54.2 Å². The molecule has 1 aromatic heterocycles. The summed E-state index contributed by atoms with van der Waals surface area (Å²) in [6, 6.07) is 15.2. The molecule has 55 heavy (non-hydrogen) atoms. The second-order valence-electron chi connectivity index (χ2n) is 18.2. The summed E-state index contributed by atoms with van der Waals surface area (Å²) in [4.78, 5) is 17.6. The van der Waals surface area contributed by atoms with Gasteiger partial charge in [-0.25, -0.2) is 4.98 Å². The molecule has 6 aliphatic rings. The van der Waals surface area contributed by atoms with Gasteiger partial charge in [0.25, 0.3) is 0 Å². The maximum Gasteiger partial charge on any atom is 0.128 e. The van der Waals surface area contributed by atoms with Crippen molar-refractivity contribution in [3.63, 3.8) is 0 Å². The van der Waals surface area contributed by atoms with Crippen molar-refractivity contribution < 1.29 is 0 Å². The number of aromatic nitrogens is 1. The van der Waals surface area contributed by atoms with Crippen LogP contribution in [0.3, 0.4) is 0 Å². The van der Waals surface area contributed by atoms with E-state index in [9.17, 15) is 0 Å². The maximum absolute atomic E-state index is 4.48. The standard InChI is InChI=1S/C24H39N3.C18H28N4.3C2H6/c1-20-5-7-22(8-6-20)27-15-13-25(14-16-27)19-26-17-24(18-26)11-9-21(10-12-24)23(2,3)4;1-2-8-20-17(3-1)22-9-4-16(5-10-22)13-21-11-6-18(7-12-21)14-19-15-18;3*1-2/h5-8,21H,9-19H2,1-4H3;1-3,8,16,19H,4-7,9-15H2;3*1-2H3. The predicted octanol–water partition coefficient (Wildman–Crippen LogP) is 9.67. The van der Waals surface area contributed by atoms with Crippen LogP contribution in [0.2, 0.25) is 0 Å². The molecule has 312 valence electrons. The van der Waals surface area contributed by atoms with Crippen molar-refractivity contribution in [1.82, 2.24) is 25.0 Å².